The van der Waals surface area contributed by atoms with Crippen LogP contribution in [0.15, 0.2) is 24.3 Å². The summed E-state index contributed by atoms with van der Waals surface area (Å²) in [7, 11) is 0. The van der Waals surface area contributed by atoms with E-state index < -0.39 is 0 Å². The van der Waals surface area contributed by atoms with Gasteiger partial charge < -0.3 is 10.1 Å². The maximum absolute atomic E-state index is 11.9. The second-order valence-electron chi connectivity index (χ2n) is 5.65. The number of nitrogens with one attached hydrogen (secondary N) is 1. The molecule has 1 aromatic rings. The van der Waals surface area contributed by atoms with Gasteiger partial charge in [-0.1, -0.05) is 44.9 Å². The second-order valence-corrected chi connectivity index (χ2v) is 5.65. The average molecular weight is 277 g/mol. The molecule has 20 heavy (non-hydrogen) atoms. The van der Waals surface area contributed by atoms with Crippen LogP contribution in [0.2, 0.25) is 0 Å². The molecule has 3 nitrogen and oxygen atoms in total. The molecular formula is C17H27NO2. The lowest BCUT2D eigenvalue weighted by Crippen LogP contribution is -2.25. The molecule has 0 bridgehead atoms. The highest BCUT2D eigenvalue weighted by Gasteiger charge is 2.10. The molecule has 0 aliphatic heterocycles. The Labute approximate surface area is 122 Å². The highest BCUT2D eigenvalue weighted by atomic mass is 16.5. The molecule has 1 amide bonds. The van der Waals surface area contributed by atoms with E-state index in [1.165, 1.54) is 0 Å². The summed E-state index contributed by atoms with van der Waals surface area (Å²) in [6.07, 6.45) is 2.96. The summed E-state index contributed by atoms with van der Waals surface area (Å²) in [5.74, 6) is 1.41. The zero-order valence-electron chi connectivity index (χ0n) is 13.1. The van der Waals surface area contributed by atoms with Gasteiger partial charge in [-0.3, -0.25) is 4.79 Å². The van der Waals surface area contributed by atoms with Gasteiger partial charge in [0.25, 0.3) is 0 Å². The molecule has 1 N–H and O–H groups in total. The minimum atomic E-state index is 0.116. The van der Waals surface area contributed by atoms with Crippen molar-refractivity contribution in [2.75, 3.05) is 0 Å². The van der Waals surface area contributed by atoms with Crippen molar-refractivity contribution in [3.63, 3.8) is 0 Å². The number of para-hydroxylation sites is 1. The summed E-state index contributed by atoms with van der Waals surface area (Å²) in [5, 5.41) is 2.98. The van der Waals surface area contributed by atoms with E-state index in [-0.39, 0.29) is 12.0 Å². The summed E-state index contributed by atoms with van der Waals surface area (Å²) >= 11 is 0. The van der Waals surface area contributed by atoms with E-state index in [1.807, 2.05) is 38.1 Å². The van der Waals surface area contributed by atoms with Crippen LogP contribution in [0.4, 0.5) is 0 Å². The van der Waals surface area contributed by atoms with E-state index in [2.05, 4.69) is 19.2 Å². The van der Waals surface area contributed by atoms with Crippen molar-refractivity contribution in [3.8, 4) is 5.75 Å². The van der Waals surface area contributed by atoms with Crippen molar-refractivity contribution in [1.29, 1.82) is 0 Å². The molecule has 0 saturated carbocycles. The fourth-order valence-corrected chi connectivity index (χ4v) is 2.20. The van der Waals surface area contributed by atoms with Gasteiger partial charge in [-0.15, -0.1) is 0 Å². The number of hydrogen-bond acceptors (Lipinski definition) is 2. The number of rotatable bonds is 8. The topological polar surface area (TPSA) is 38.3 Å². The van der Waals surface area contributed by atoms with Gasteiger partial charge in [0.15, 0.2) is 0 Å². The summed E-state index contributed by atoms with van der Waals surface area (Å²) in [4.78, 5) is 11.9. The van der Waals surface area contributed by atoms with E-state index in [0.717, 1.165) is 24.2 Å². The first-order valence-electron chi connectivity index (χ1n) is 7.54. The van der Waals surface area contributed by atoms with Gasteiger partial charge in [-0.05, 0) is 25.8 Å². The Morgan fingerprint density at radius 1 is 1.25 bits per heavy atom. The molecule has 1 unspecified atom stereocenters. The monoisotopic (exact) mass is 277 g/mol. The molecule has 0 saturated heterocycles. The van der Waals surface area contributed by atoms with Crippen molar-refractivity contribution in [3.05, 3.63) is 29.8 Å². The number of benzene rings is 1. The van der Waals surface area contributed by atoms with Crippen molar-refractivity contribution in [1.82, 2.24) is 5.32 Å². The highest BCUT2D eigenvalue weighted by molar-refractivity contribution is 5.76. The summed E-state index contributed by atoms with van der Waals surface area (Å²) in [5.41, 5.74) is 1.03. The Hall–Kier alpha value is -1.51. The van der Waals surface area contributed by atoms with Crippen LogP contribution in [0, 0.1) is 5.92 Å². The average Bonchev–Trinajstić information content (AvgIpc) is 2.37. The van der Waals surface area contributed by atoms with Gasteiger partial charge in [-0.25, -0.2) is 0 Å². The minimum absolute atomic E-state index is 0.116. The van der Waals surface area contributed by atoms with E-state index in [0.29, 0.717) is 18.9 Å². The Morgan fingerprint density at radius 3 is 2.60 bits per heavy atom. The normalized spacial score (nSPS) is 12.2. The first kappa shape index (κ1) is 16.5. The number of hydrogen-bond donors (Lipinski definition) is 1. The SMILES string of the molecule is CCCC(C)CC(=O)NCc1ccccc1OC(C)C. The van der Waals surface area contributed by atoms with Gasteiger partial charge in [-0.2, -0.15) is 0 Å². The Kier molecular flexibility index (Phi) is 7.13. The molecule has 0 fully saturated rings. The summed E-state index contributed by atoms with van der Waals surface area (Å²) in [6.45, 7) is 8.80. The zero-order chi connectivity index (χ0) is 15.0. The van der Waals surface area contributed by atoms with Crippen molar-refractivity contribution in [2.45, 2.75) is 59.6 Å². The predicted octanol–water partition coefficient (Wildman–Crippen LogP) is 3.92. The molecule has 0 aromatic heterocycles. The van der Waals surface area contributed by atoms with E-state index in [1.54, 1.807) is 0 Å². The van der Waals surface area contributed by atoms with Gasteiger partial charge in [0.2, 0.25) is 5.91 Å². The lowest BCUT2D eigenvalue weighted by Gasteiger charge is -2.15. The van der Waals surface area contributed by atoms with Crippen LogP contribution in [0.3, 0.4) is 0 Å². The van der Waals surface area contributed by atoms with Gasteiger partial charge in [0.05, 0.1) is 6.10 Å². The molecule has 1 rings (SSSR count). The Bertz CT molecular complexity index is 415. The number of ether oxygens (including phenoxy) is 1. The molecule has 0 radical (unpaired) electrons. The van der Waals surface area contributed by atoms with Gasteiger partial charge in [0, 0.05) is 18.5 Å². The van der Waals surface area contributed by atoms with Crippen molar-refractivity contribution >= 4 is 5.91 Å². The van der Waals surface area contributed by atoms with E-state index in [9.17, 15) is 4.79 Å². The van der Waals surface area contributed by atoms with E-state index >= 15 is 0 Å². The van der Waals surface area contributed by atoms with Crippen molar-refractivity contribution < 1.29 is 9.53 Å². The third-order valence-corrected chi connectivity index (χ3v) is 3.13. The van der Waals surface area contributed by atoms with E-state index in [4.69, 9.17) is 4.74 Å². The molecule has 1 atom stereocenters. The molecule has 3 heteroatoms. The lowest BCUT2D eigenvalue weighted by molar-refractivity contribution is -0.122. The lowest BCUT2D eigenvalue weighted by atomic mass is 10.0. The predicted molar refractivity (Wildman–Crippen MR) is 82.7 cm³/mol. The minimum Gasteiger partial charge on any atom is -0.491 e. The van der Waals surface area contributed by atoms with Crippen molar-refractivity contribution in [2.24, 2.45) is 5.92 Å². The second kappa shape index (κ2) is 8.62. The van der Waals surface area contributed by atoms with Crippen LogP contribution in [0.5, 0.6) is 5.75 Å². The van der Waals surface area contributed by atoms with Gasteiger partial charge >= 0.3 is 0 Å². The first-order valence-corrected chi connectivity index (χ1v) is 7.54. The van der Waals surface area contributed by atoms with Crippen LogP contribution in [-0.2, 0) is 11.3 Å². The smallest absolute Gasteiger partial charge is 0.220 e. The first-order chi connectivity index (χ1) is 9.52. The fourth-order valence-electron chi connectivity index (χ4n) is 2.20. The van der Waals surface area contributed by atoms with Crippen LogP contribution >= 0.6 is 0 Å². The number of carbonyl (C=O) groups excluding carboxylic acids is 1. The molecule has 0 aliphatic carbocycles. The third kappa shape index (κ3) is 6.09. The molecule has 0 heterocycles. The van der Waals surface area contributed by atoms with Crippen LogP contribution in [0.1, 0.15) is 52.5 Å². The Balaban J connectivity index is 2.50. The molecule has 0 spiro atoms. The van der Waals surface area contributed by atoms with Crippen LogP contribution < -0.4 is 10.1 Å². The third-order valence-electron chi connectivity index (χ3n) is 3.13. The zero-order valence-corrected chi connectivity index (χ0v) is 13.1. The maximum atomic E-state index is 11.9. The van der Waals surface area contributed by atoms with Gasteiger partial charge in [0.1, 0.15) is 5.75 Å². The largest absolute Gasteiger partial charge is 0.491 e. The maximum Gasteiger partial charge on any atom is 0.220 e. The molecule has 0 aliphatic rings. The quantitative estimate of drug-likeness (QED) is 0.782. The van der Waals surface area contributed by atoms with Crippen LogP contribution in [-0.4, -0.2) is 12.0 Å². The highest BCUT2D eigenvalue weighted by Crippen LogP contribution is 2.19. The van der Waals surface area contributed by atoms with Crippen LogP contribution in [0.25, 0.3) is 0 Å². The Morgan fingerprint density at radius 2 is 1.95 bits per heavy atom. The number of carbonyl (C=O) groups is 1. The standard InChI is InChI=1S/C17H27NO2/c1-5-8-14(4)11-17(19)18-12-15-9-6-7-10-16(15)20-13(2)3/h6-7,9-10,13-14H,5,8,11-12H2,1-4H3,(H,18,19). The fraction of sp³-hybridized carbons (Fsp3) is 0.588. The summed E-state index contributed by atoms with van der Waals surface area (Å²) < 4.78 is 5.75. The molecule has 112 valence electrons. The molecule has 1 aromatic carbocycles. The number of amides is 1. The molecular weight excluding hydrogens is 250 g/mol. The summed E-state index contributed by atoms with van der Waals surface area (Å²) in [6, 6.07) is 7.86.